The number of aromatic nitrogens is 1. The molecule has 0 saturated heterocycles. The highest BCUT2D eigenvalue weighted by Gasteiger charge is 2.28. The third-order valence-electron chi connectivity index (χ3n) is 5.68. The van der Waals surface area contributed by atoms with Gasteiger partial charge in [0.15, 0.2) is 6.10 Å². The summed E-state index contributed by atoms with van der Waals surface area (Å²) in [6.45, 7) is 6.10. The average Bonchev–Trinajstić information content (AvgIpc) is 3.25. The highest BCUT2D eigenvalue weighted by atomic mass is 16.5. The van der Waals surface area contributed by atoms with Crippen molar-refractivity contribution in [2.24, 2.45) is 0 Å². The first-order chi connectivity index (χ1) is 13.9. The fourth-order valence-corrected chi connectivity index (χ4v) is 3.99. The van der Waals surface area contributed by atoms with Crippen LogP contribution in [0.1, 0.15) is 43.5 Å². The molecule has 2 aromatic carbocycles. The van der Waals surface area contributed by atoms with Crippen molar-refractivity contribution in [3.05, 3.63) is 59.3 Å². The van der Waals surface area contributed by atoms with Crippen molar-refractivity contribution in [1.29, 1.82) is 0 Å². The van der Waals surface area contributed by atoms with E-state index in [0.29, 0.717) is 11.7 Å². The van der Waals surface area contributed by atoms with Gasteiger partial charge in [0, 0.05) is 29.1 Å². The van der Waals surface area contributed by atoms with E-state index in [-0.39, 0.29) is 11.9 Å². The van der Waals surface area contributed by atoms with E-state index in [4.69, 9.17) is 9.47 Å². The maximum Gasteiger partial charge on any atom is 0.261 e. The molecule has 1 amide bonds. The summed E-state index contributed by atoms with van der Waals surface area (Å²) in [5, 5.41) is 4.31. The van der Waals surface area contributed by atoms with E-state index >= 15 is 0 Å². The van der Waals surface area contributed by atoms with Crippen molar-refractivity contribution in [1.82, 2.24) is 10.3 Å². The van der Waals surface area contributed by atoms with Crippen molar-refractivity contribution >= 4 is 16.8 Å². The van der Waals surface area contributed by atoms with Crippen LogP contribution in [-0.2, 0) is 17.6 Å². The van der Waals surface area contributed by atoms with Crippen molar-refractivity contribution in [3.8, 4) is 11.5 Å². The van der Waals surface area contributed by atoms with Crippen molar-refractivity contribution < 1.29 is 14.3 Å². The van der Waals surface area contributed by atoms with Crippen LogP contribution in [0.4, 0.5) is 0 Å². The maximum absolute atomic E-state index is 12.6. The summed E-state index contributed by atoms with van der Waals surface area (Å²) < 4.78 is 11.2. The Hall–Kier alpha value is -2.95. The molecule has 5 heteroatoms. The van der Waals surface area contributed by atoms with Crippen LogP contribution in [0.15, 0.2) is 42.5 Å². The first kappa shape index (κ1) is 19.4. The predicted octanol–water partition coefficient (Wildman–Crippen LogP) is 4.35. The van der Waals surface area contributed by atoms with Crippen LogP contribution in [0.3, 0.4) is 0 Å². The molecule has 0 saturated carbocycles. The minimum atomic E-state index is -0.546. The quantitative estimate of drug-likeness (QED) is 0.655. The van der Waals surface area contributed by atoms with Crippen LogP contribution in [0.25, 0.3) is 10.9 Å². The zero-order valence-corrected chi connectivity index (χ0v) is 17.4. The molecule has 4 rings (SSSR count). The van der Waals surface area contributed by atoms with Crippen LogP contribution in [0, 0.1) is 0 Å². The van der Waals surface area contributed by atoms with E-state index in [1.165, 1.54) is 22.2 Å². The Balaban J connectivity index is 1.38. The molecule has 0 aliphatic heterocycles. The number of hydrogen-bond acceptors (Lipinski definition) is 3. The van der Waals surface area contributed by atoms with Gasteiger partial charge in [0.25, 0.3) is 5.91 Å². The number of ether oxygens (including phenoxy) is 2. The Bertz CT molecular complexity index is 1020. The van der Waals surface area contributed by atoms with Gasteiger partial charge in [0.2, 0.25) is 0 Å². The smallest absolute Gasteiger partial charge is 0.261 e. The zero-order chi connectivity index (χ0) is 20.5. The second kappa shape index (κ2) is 7.82. The van der Waals surface area contributed by atoms with Crippen LogP contribution in [0.5, 0.6) is 11.5 Å². The van der Waals surface area contributed by atoms with Crippen LogP contribution < -0.4 is 14.8 Å². The minimum Gasteiger partial charge on any atom is -0.497 e. The molecular formula is C24H28N2O3. The summed E-state index contributed by atoms with van der Waals surface area (Å²) in [6.07, 6.45) is 1.06. The normalized spacial score (nSPS) is 16.7. The SMILES string of the molecule is COc1ccc2[nH]c3c(c2c1)CC(NC(=O)C(C)Oc1ccc(C(C)C)cc1)C3. The molecule has 1 aromatic heterocycles. The number of methoxy groups -OCH3 is 1. The predicted molar refractivity (Wildman–Crippen MR) is 115 cm³/mol. The molecule has 0 fully saturated rings. The number of hydrogen-bond donors (Lipinski definition) is 2. The minimum absolute atomic E-state index is 0.0775. The molecule has 2 N–H and O–H groups in total. The molecule has 29 heavy (non-hydrogen) atoms. The Morgan fingerprint density at radius 3 is 2.48 bits per heavy atom. The lowest BCUT2D eigenvalue weighted by Crippen LogP contribution is -2.43. The van der Waals surface area contributed by atoms with Crippen molar-refractivity contribution in [3.63, 3.8) is 0 Å². The van der Waals surface area contributed by atoms with E-state index in [0.717, 1.165) is 24.1 Å². The molecule has 1 aliphatic carbocycles. The topological polar surface area (TPSA) is 63.3 Å². The molecule has 3 aromatic rings. The second-order valence-corrected chi connectivity index (χ2v) is 8.09. The third kappa shape index (κ3) is 3.95. The molecule has 1 heterocycles. The number of fused-ring (bicyclic) bond motifs is 3. The van der Waals surface area contributed by atoms with Gasteiger partial charge in [-0.1, -0.05) is 26.0 Å². The van der Waals surface area contributed by atoms with E-state index in [1.54, 1.807) is 14.0 Å². The number of H-pyrrole nitrogens is 1. The lowest BCUT2D eigenvalue weighted by atomic mass is 10.0. The Labute approximate surface area is 171 Å². The van der Waals surface area contributed by atoms with Gasteiger partial charge >= 0.3 is 0 Å². The van der Waals surface area contributed by atoms with Gasteiger partial charge < -0.3 is 19.8 Å². The van der Waals surface area contributed by atoms with E-state index in [2.05, 4.69) is 30.2 Å². The number of benzene rings is 2. The van der Waals surface area contributed by atoms with E-state index < -0.39 is 6.10 Å². The molecule has 0 radical (unpaired) electrons. The molecule has 0 bridgehead atoms. The number of amides is 1. The number of aromatic amines is 1. The monoisotopic (exact) mass is 392 g/mol. The number of rotatable bonds is 6. The summed E-state index contributed by atoms with van der Waals surface area (Å²) in [4.78, 5) is 16.1. The Kier molecular flexibility index (Phi) is 5.22. The zero-order valence-electron chi connectivity index (χ0n) is 17.4. The lowest BCUT2D eigenvalue weighted by Gasteiger charge is -2.18. The van der Waals surface area contributed by atoms with Crippen LogP contribution >= 0.6 is 0 Å². The van der Waals surface area contributed by atoms with Gasteiger partial charge in [-0.3, -0.25) is 4.79 Å². The van der Waals surface area contributed by atoms with Crippen LogP contribution in [0.2, 0.25) is 0 Å². The van der Waals surface area contributed by atoms with E-state index in [1.807, 2.05) is 36.4 Å². The summed E-state index contributed by atoms with van der Waals surface area (Å²) >= 11 is 0. The van der Waals surface area contributed by atoms with Gasteiger partial charge in [0.05, 0.1) is 7.11 Å². The molecule has 1 aliphatic rings. The first-order valence-corrected chi connectivity index (χ1v) is 10.2. The largest absolute Gasteiger partial charge is 0.497 e. The molecule has 5 nitrogen and oxygen atoms in total. The highest BCUT2D eigenvalue weighted by molar-refractivity contribution is 5.87. The third-order valence-corrected chi connectivity index (χ3v) is 5.68. The standard InChI is InChI=1S/C24H28N2O3/c1-14(2)16-5-7-18(8-6-16)29-15(3)24(27)25-17-11-20-21-13-19(28-4)9-10-22(21)26-23(20)12-17/h5-10,13-15,17,26H,11-12H2,1-4H3,(H,25,27). The molecule has 2 unspecified atom stereocenters. The van der Waals surface area contributed by atoms with Gasteiger partial charge in [-0.15, -0.1) is 0 Å². The summed E-state index contributed by atoms with van der Waals surface area (Å²) in [6, 6.07) is 14.1. The van der Waals surface area contributed by atoms with Gasteiger partial charge in [-0.05, 0) is 60.7 Å². The summed E-state index contributed by atoms with van der Waals surface area (Å²) in [5.41, 5.74) is 4.82. The highest BCUT2D eigenvalue weighted by Crippen LogP contribution is 2.32. The maximum atomic E-state index is 12.6. The molecule has 2 atom stereocenters. The van der Waals surface area contributed by atoms with Gasteiger partial charge in [-0.25, -0.2) is 0 Å². The molecular weight excluding hydrogens is 364 g/mol. The van der Waals surface area contributed by atoms with Crippen LogP contribution in [-0.4, -0.2) is 30.1 Å². The summed E-state index contributed by atoms with van der Waals surface area (Å²) in [7, 11) is 1.68. The fraction of sp³-hybridized carbons (Fsp3) is 0.375. The Morgan fingerprint density at radius 2 is 1.79 bits per heavy atom. The Morgan fingerprint density at radius 1 is 1.07 bits per heavy atom. The number of carbonyl (C=O) groups excluding carboxylic acids is 1. The fourth-order valence-electron chi connectivity index (χ4n) is 3.99. The average molecular weight is 392 g/mol. The van der Waals surface area contributed by atoms with Crippen molar-refractivity contribution in [2.75, 3.05) is 7.11 Å². The number of nitrogens with one attached hydrogen (secondary N) is 2. The van der Waals surface area contributed by atoms with Crippen molar-refractivity contribution in [2.45, 2.75) is 51.7 Å². The van der Waals surface area contributed by atoms with E-state index in [9.17, 15) is 4.79 Å². The first-order valence-electron chi connectivity index (χ1n) is 10.2. The molecule has 0 spiro atoms. The second-order valence-electron chi connectivity index (χ2n) is 8.09. The van der Waals surface area contributed by atoms with Gasteiger partial charge in [0.1, 0.15) is 11.5 Å². The summed E-state index contributed by atoms with van der Waals surface area (Å²) in [5.74, 6) is 1.94. The lowest BCUT2D eigenvalue weighted by molar-refractivity contribution is -0.127. The molecule has 152 valence electrons. The van der Waals surface area contributed by atoms with Gasteiger partial charge in [-0.2, -0.15) is 0 Å². The number of carbonyl (C=O) groups is 1.